The molecule has 3 aromatic rings. The van der Waals surface area contributed by atoms with Crippen LogP contribution in [0.1, 0.15) is 16.1 Å². The van der Waals surface area contributed by atoms with Gasteiger partial charge in [-0.15, -0.1) is 0 Å². The molecule has 19 heavy (non-hydrogen) atoms. The van der Waals surface area contributed by atoms with Gasteiger partial charge >= 0.3 is 0 Å². The Bertz CT molecular complexity index is 698. The summed E-state index contributed by atoms with van der Waals surface area (Å²) in [4.78, 5) is 11.0. The number of hydrogen-bond donors (Lipinski definition) is 0. The van der Waals surface area contributed by atoms with Gasteiger partial charge in [0.05, 0.1) is 5.39 Å². The van der Waals surface area contributed by atoms with Crippen LogP contribution in [0.25, 0.3) is 11.0 Å². The molecule has 0 unspecified atom stereocenters. The van der Waals surface area contributed by atoms with E-state index in [2.05, 4.69) is 0 Å². The Hall–Kier alpha value is -2.55. The second kappa shape index (κ2) is 4.98. The number of fused-ring (bicyclic) bond motifs is 1. The zero-order valence-corrected chi connectivity index (χ0v) is 10.2. The highest BCUT2D eigenvalue weighted by atomic mass is 16.5. The summed E-state index contributed by atoms with van der Waals surface area (Å²) in [6.07, 6.45) is 0.681. The highest BCUT2D eigenvalue weighted by Gasteiger charge is 2.14. The van der Waals surface area contributed by atoms with Crippen molar-refractivity contribution in [1.29, 1.82) is 0 Å². The molecular weight excluding hydrogens is 240 g/mol. The lowest BCUT2D eigenvalue weighted by Gasteiger charge is -2.04. The Balaban J connectivity index is 1.93. The molecule has 1 aromatic heterocycles. The highest BCUT2D eigenvalue weighted by Crippen LogP contribution is 2.32. The van der Waals surface area contributed by atoms with Crippen LogP contribution in [0.5, 0.6) is 5.75 Å². The summed E-state index contributed by atoms with van der Waals surface area (Å²) in [5.74, 6) is 0.742. The van der Waals surface area contributed by atoms with Crippen LogP contribution < -0.4 is 4.74 Å². The van der Waals surface area contributed by atoms with Crippen LogP contribution in [-0.4, -0.2) is 6.29 Å². The number of ether oxygens (including phenoxy) is 1. The number of carbonyl (C=O) groups excluding carboxylic acids is 1. The van der Waals surface area contributed by atoms with E-state index in [9.17, 15) is 4.79 Å². The van der Waals surface area contributed by atoms with Crippen molar-refractivity contribution in [2.75, 3.05) is 0 Å². The molecule has 0 aliphatic heterocycles. The van der Waals surface area contributed by atoms with E-state index in [0.29, 0.717) is 24.2 Å². The van der Waals surface area contributed by atoms with E-state index in [4.69, 9.17) is 9.15 Å². The Labute approximate surface area is 110 Å². The third kappa shape index (κ3) is 2.22. The van der Waals surface area contributed by atoms with E-state index >= 15 is 0 Å². The number of para-hydroxylation sites is 1. The van der Waals surface area contributed by atoms with Crippen molar-refractivity contribution in [3.05, 3.63) is 65.9 Å². The van der Waals surface area contributed by atoms with Gasteiger partial charge in [-0.05, 0) is 17.7 Å². The van der Waals surface area contributed by atoms with Gasteiger partial charge in [-0.3, -0.25) is 4.79 Å². The first-order valence-corrected chi connectivity index (χ1v) is 6.02. The number of furan rings is 1. The van der Waals surface area contributed by atoms with Gasteiger partial charge in [0.15, 0.2) is 12.0 Å². The molecule has 0 atom stereocenters. The molecule has 3 nitrogen and oxygen atoms in total. The Morgan fingerprint density at radius 2 is 1.74 bits per heavy atom. The van der Waals surface area contributed by atoms with Crippen molar-refractivity contribution in [3.63, 3.8) is 0 Å². The molecule has 1 heterocycles. The van der Waals surface area contributed by atoms with Gasteiger partial charge in [-0.25, -0.2) is 0 Å². The van der Waals surface area contributed by atoms with Crippen LogP contribution in [0, 0.1) is 0 Å². The highest BCUT2D eigenvalue weighted by molar-refractivity contribution is 5.92. The molecular formula is C16H12O3. The molecule has 94 valence electrons. The van der Waals surface area contributed by atoms with Crippen LogP contribution in [0.15, 0.2) is 59.0 Å². The molecule has 3 heteroatoms. The average Bonchev–Trinajstić information content (AvgIpc) is 2.84. The fraction of sp³-hybridized carbons (Fsp3) is 0.0625. The largest absolute Gasteiger partial charge is 0.484 e. The minimum atomic E-state index is 0.233. The van der Waals surface area contributed by atoms with Crippen LogP contribution in [0.2, 0.25) is 0 Å². The van der Waals surface area contributed by atoms with Gasteiger partial charge in [-0.2, -0.15) is 0 Å². The topological polar surface area (TPSA) is 39.4 Å². The number of rotatable bonds is 4. The lowest BCUT2D eigenvalue weighted by molar-refractivity contribution is 0.109. The summed E-state index contributed by atoms with van der Waals surface area (Å²) in [6.45, 7) is 0.408. The van der Waals surface area contributed by atoms with Gasteiger partial charge in [0.25, 0.3) is 0 Å². The first-order chi connectivity index (χ1) is 9.38. The third-order valence-corrected chi connectivity index (χ3v) is 2.91. The van der Waals surface area contributed by atoms with E-state index in [1.807, 2.05) is 54.6 Å². The minimum absolute atomic E-state index is 0.233. The number of hydrogen-bond acceptors (Lipinski definition) is 3. The molecule has 0 radical (unpaired) electrons. The smallest absolute Gasteiger partial charge is 0.209 e. The van der Waals surface area contributed by atoms with E-state index in [1.165, 1.54) is 0 Å². The number of aldehydes is 1. The second-order valence-corrected chi connectivity index (χ2v) is 4.18. The van der Waals surface area contributed by atoms with Gasteiger partial charge in [0.2, 0.25) is 5.76 Å². The lowest BCUT2D eigenvalue weighted by atomic mass is 10.2. The summed E-state index contributed by atoms with van der Waals surface area (Å²) >= 11 is 0. The van der Waals surface area contributed by atoms with Crippen molar-refractivity contribution < 1.29 is 13.9 Å². The zero-order valence-electron chi connectivity index (χ0n) is 10.2. The van der Waals surface area contributed by atoms with E-state index in [0.717, 1.165) is 10.9 Å². The third-order valence-electron chi connectivity index (χ3n) is 2.91. The molecule has 0 aliphatic rings. The molecule has 2 aromatic carbocycles. The maximum absolute atomic E-state index is 11.0. The van der Waals surface area contributed by atoms with Crippen LogP contribution in [0.3, 0.4) is 0 Å². The van der Waals surface area contributed by atoms with Gasteiger partial charge in [-0.1, -0.05) is 42.5 Å². The van der Waals surface area contributed by atoms with Crippen molar-refractivity contribution >= 4 is 17.3 Å². The molecule has 0 spiro atoms. The van der Waals surface area contributed by atoms with E-state index in [-0.39, 0.29) is 5.76 Å². The first-order valence-electron chi connectivity index (χ1n) is 6.02. The molecule has 0 fully saturated rings. The quantitative estimate of drug-likeness (QED) is 0.662. The fourth-order valence-corrected chi connectivity index (χ4v) is 2.00. The Morgan fingerprint density at radius 1 is 1.00 bits per heavy atom. The molecule has 0 saturated heterocycles. The van der Waals surface area contributed by atoms with Crippen molar-refractivity contribution in [1.82, 2.24) is 0 Å². The van der Waals surface area contributed by atoms with Crippen molar-refractivity contribution in [2.24, 2.45) is 0 Å². The van der Waals surface area contributed by atoms with Crippen molar-refractivity contribution in [2.45, 2.75) is 6.61 Å². The van der Waals surface area contributed by atoms with Gasteiger partial charge < -0.3 is 9.15 Å². The predicted octanol–water partition coefficient (Wildman–Crippen LogP) is 3.82. The minimum Gasteiger partial charge on any atom is -0.484 e. The lowest BCUT2D eigenvalue weighted by Crippen LogP contribution is -1.96. The normalized spacial score (nSPS) is 10.5. The fourth-order valence-electron chi connectivity index (χ4n) is 2.00. The zero-order chi connectivity index (χ0) is 13.1. The SMILES string of the molecule is O=Cc1oc2ccccc2c1OCc1ccccc1. The van der Waals surface area contributed by atoms with Crippen molar-refractivity contribution in [3.8, 4) is 5.75 Å². The molecule has 0 N–H and O–H groups in total. The van der Waals surface area contributed by atoms with Gasteiger partial charge in [0.1, 0.15) is 12.2 Å². The summed E-state index contributed by atoms with van der Waals surface area (Å²) in [5, 5.41) is 0.820. The monoisotopic (exact) mass is 252 g/mol. The average molecular weight is 252 g/mol. The molecule has 0 aliphatic carbocycles. The van der Waals surface area contributed by atoms with E-state index in [1.54, 1.807) is 0 Å². The van der Waals surface area contributed by atoms with Crippen LogP contribution in [0.4, 0.5) is 0 Å². The van der Waals surface area contributed by atoms with E-state index < -0.39 is 0 Å². The predicted molar refractivity (Wildman–Crippen MR) is 72.4 cm³/mol. The Kier molecular flexibility index (Phi) is 3.02. The second-order valence-electron chi connectivity index (χ2n) is 4.18. The Morgan fingerprint density at radius 3 is 2.53 bits per heavy atom. The summed E-state index contributed by atoms with van der Waals surface area (Å²) in [5.41, 5.74) is 1.71. The molecule has 3 rings (SSSR count). The molecule has 0 saturated carbocycles. The summed E-state index contributed by atoms with van der Waals surface area (Å²) in [6, 6.07) is 17.3. The standard InChI is InChI=1S/C16H12O3/c17-10-15-16(13-8-4-5-9-14(13)19-15)18-11-12-6-2-1-3-7-12/h1-10H,11H2. The number of benzene rings is 2. The first kappa shape index (κ1) is 11.5. The number of carbonyl (C=O) groups is 1. The molecule has 0 bridgehead atoms. The van der Waals surface area contributed by atoms with Gasteiger partial charge in [0, 0.05) is 0 Å². The summed E-state index contributed by atoms with van der Waals surface area (Å²) < 4.78 is 11.2. The maximum atomic E-state index is 11.0. The summed E-state index contributed by atoms with van der Waals surface area (Å²) in [7, 11) is 0. The van der Waals surface area contributed by atoms with Crippen LogP contribution >= 0.6 is 0 Å². The van der Waals surface area contributed by atoms with Crippen LogP contribution in [-0.2, 0) is 6.61 Å². The maximum Gasteiger partial charge on any atom is 0.209 e. The molecule has 0 amide bonds.